The van der Waals surface area contributed by atoms with Gasteiger partial charge in [0.1, 0.15) is 16.8 Å². The first kappa shape index (κ1) is 11.1. The van der Waals surface area contributed by atoms with Gasteiger partial charge in [-0.25, -0.2) is 9.78 Å². The molecule has 17 heavy (non-hydrogen) atoms. The smallest absolute Gasteiger partial charge is 0.343 e. The SMILES string of the molecule is COC(=O)c1c(OC)ccc2[nH]c(=O)cnc12. The topological polar surface area (TPSA) is 81.3 Å². The number of esters is 1. The Labute approximate surface area is 96.2 Å². The average Bonchev–Trinajstić information content (AvgIpc) is 2.36. The van der Waals surface area contributed by atoms with Crippen LogP contribution in [0.2, 0.25) is 0 Å². The minimum absolute atomic E-state index is 0.198. The Morgan fingerprint density at radius 2 is 2.12 bits per heavy atom. The Kier molecular flexibility index (Phi) is 2.78. The van der Waals surface area contributed by atoms with Crippen molar-refractivity contribution in [3.63, 3.8) is 0 Å². The van der Waals surface area contributed by atoms with Crippen LogP contribution in [0.1, 0.15) is 10.4 Å². The van der Waals surface area contributed by atoms with Gasteiger partial charge in [0.05, 0.1) is 25.9 Å². The predicted octanol–water partition coefficient (Wildman–Crippen LogP) is 0.718. The van der Waals surface area contributed by atoms with E-state index in [4.69, 9.17) is 4.74 Å². The van der Waals surface area contributed by atoms with E-state index in [1.807, 2.05) is 0 Å². The summed E-state index contributed by atoms with van der Waals surface area (Å²) in [5.74, 6) is -0.212. The van der Waals surface area contributed by atoms with Gasteiger partial charge in [-0.05, 0) is 12.1 Å². The molecule has 0 amide bonds. The third kappa shape index (κ3) is 1.84. The first-order valence-electron chi connectivity index (χ1n) is 4.81. The first-order valence-corrected chi connectivity index (χ1v) is 4.81. The molecule has 0 radical (unpaired) electrons. The summed E-state index contributed by atoms with van der Waals surface area (Å²) in [5.41, 5.74) is 0.664. The van der Waals surface area contributed by atoms with Crippen LogP contribution in [0.15, 0.2) is 23.1 Å². The number of carbonyl (C=O) groups is 1. The van der Waals surface area contributed by atoms with Crippen LogP contribution in [-0.2, 0) is 4.74 Å². The van der Waals surface area contributed by atoms with Crippen LogP contribution >= 0.6 is 0 Å². The molecular formula is C11H10N2O4. The van der Waals surface area contributed by atoms with Gasteiger partial charge >= 0.3 is 5.97 Å². The van der Waals surface area contributed by atoms with E-state index >= 15 is 0 Å². The lowest BCUT2D eigenvalue weighted by molar-refractivity contribution is 0.0599. The van der Waals surface area contributed by atoms with Crippen LogP contribution < -0.4 is 10.3 Å². The van der Waals surface area contributed by atoms with Gasteiger partial charge in [-0.3, -0.25) is 4.79 Å². The summed E-state index contributed by atoms with van der Waals surface area (Å²) in [6.07, 6.45) is 1.11. The third-order valence-electron chi connectivity index (χ3n) is 2.32. The lowest BCUT2D eigenvalue weighted by Crippen LogP contribution is -2.10. The number of aromatic nitrogens is 2. The van der Waals surface area contributed by atoms with Crippen molar-refractivity contribution in [3.8, 4) is 5.75 Å². The molecule has 2 rings (SSSR count). The molecule has 0 aliphatic rings. The summed E-state index contributed by atoms with van der Waals surface area (Å²) in [4.78, 5) is 29.3. The molecule has 0 saturated carbocycles. The number of benzene rings is 1. The van der Waals surface area contributed by atoms with Crippen LogP contribution in [0.4, 0.5) is 0 Å². The van der Waals surface area contributed by atoms with Crippen molar-refractivity contribution < 1.29 is 14.3 Å². The molecule has 6 heteroatoms. The van der Waals surface area contributed by atoms with Gasteiger partial charge in [0.2, 0.25) is 0 Å². The monoisotopic (exact) mass is 234 g/mol. The van der Waals surface area contributed by atoms with E-state index in [1.165, 1.54) is 14.2 Å². The zero-order valence-corrected chi connectivity index (χ0v) is 9.31. The molecule has 1 aromatic heterocycles. The van der Waals surface area contributed by atoms with Crippen LogP contribution in [-0.4, -0.2) is 30.2 Å². The Morgan fingerprint density at radius 1 is 1.35 bits per heavy atom. The third-order valence-corrected chi connectivity index (χ3v) is 2.32. The number of H-pyrrole nitrogens is 1. The molecular weight excluding hydrogens is 224 g/mol. The van der Waals surface area contributed by atoms with E-state index < -0.39 is 5.97 Å². The highest BCUT2D eigenvalue weighted by Gasteiger charge is 2.18. The van der Waals surface area contributed by atoms with Crippen molar-refractivity contribution in [1.82, 2.24) is 9.97 Å². The molecule has 6 nitrogen and oxygen atoms in total. The first-order chi connectivity index (χ1) is 8.17. The molecule has 0 bridgehead atoms. The largest absolute Gasteiger partial charge is 0.496 e. The second-order valence-corrected chi connectivity index (χ2v) is 3.28. The summed E-state index contributed by atoms with van der Waals surface area (Å²) >= 11 is 0. The Balaban J connectivity index is 2.83. The zero-order valence-electron chi connectivity index (χ0n) is 9.31. The van der Waals surface area contributed by atoms with Crippen molar-refractivity contribution in [3.05, 3.63) is 34.2 Å². The number of carbonyl (C=O) groups excluding carboxylic acids is 1. The lowest BCUT2D eigenvalue weighted by atomic mass is 10.1. The molecule has 0 unspecified atom stereocenters. The number of ether oxygens (including phenoxy) is 2. The number of nitrogens with one attached hydrogen (secondary N) is 1. The number of hydrogen-bond acceptors (Lipinski definition) is 5. The normalized spacial score (nSPS) is 10.2. The maximum Gasteiger partial charge on any atom is 0.343 e. The molecule has 0 spiro atoms. The van der Waals surface area contributed by atoms with Gasteiger partial charge in [0.25, 0.3) is 5.56 Å². The van der Waals surface area contributed by atoms with Gasteiger partial charge < -0.3 is 14.5 Å². The van der Waals surface area contributed by atoms with Gasteiger partial charge in [-0.1, -0.05) is 0 Å². The maximum absolute atomic E-state index is 11.7. The number of rotatable bonds is 2. The van der Waals surface area contributed by atoms with E-state index in [1.54, 1.807) is 12.1 Å². The molecule has 2 aromatic rings. The van der Waals surface area contributed by atoms with Gasteiger partial charge in [-0.2, -0.15) is 0 Å². The standard InChI is InChI=1S/C11H10N2O4/c1-16-7-4-3-6-10(9(7)11(15)17-2)12-5-8(14)13-6/h3-5H,1-2H3,(H,13,14). The van der Waals surface area contributed by atoms with Crippen LogP contribution in [0.25, 0.3) is 11.0 Å². The van der Waals surface area contributed by atoms with Gasteiger partial charge in [0, 0.05) is 0 Å². The average molecular weight is 234 g/mol. The number of hydrogen-bond donors (Lipinski definition) is 1. The quantitative estimate of drug-likeness (QED) is 0.774. The lowest BCUT2D eigenvalue weighted by Gasteiger charge is -2.08. The van der Waals surface area contributed by atoms with Gasteiger partial charge in [-0.15, -0.1) is 0 Å². The van der Waals surface area contributed by atoms with Crippen molar-refractivity contribution in [2.45, 2.75) is 0 Å². The molecule has 0 aliphatic carbocycles. The number of fused-ring (bicyclic) bond motifs is 1. The fourth-order valence-corrected chi connectivity index (χ4v) is 1.57. The fraction of sp³-hybridized carbons (Fsp3) is 0.182. The molecule has 1 heterocycles. The highest BCUT2D eigenvalue weighted by atomic mass is 16.5. The van der Waals surface area contributed by atoms with Gasteiger partial charge in [0.15, 0.2) is 0 Å². The molecule has 0 fully saturated rings. The highest BCUT2D eigenvalue weighted by Crippen LogP contribution is 2.25. The zero-order chi connectivity index (χ0) is 12.4. The predicted molar refractivity (Wildman–Crippen MR) is 60.3 cm³/mol. The molecule has 1 aromatic carbocycles. The minimum atomic E-state index is -0.563. The second kappa shape index (κ2) is 4.25. The number of aromatic amines is 1. The summed E-state index contributed by atoms with van der Waals surface area (Å²) in [6.45, 7) is 0. The Morgan fingerprint density at radius 3 is 2.76 bits per heavy atom. The van der Waals surface area contributed by atoms with Crippen LogP contribution in [0.3, 0.4) is 0 Å². The highest BCUT2D eigenvalue weighted by molar-refractivity contribution is 6.04. The second-order valence-electron chi connectivity index (χ2n) is 3.28. The maximum atomic E-state index is 11.7. The summed E-state index contributed by atoms with van der Waals surface area (Å²) in [7, 11) is 2.71. The summed E-state index contributed by atoms with van der Waals surface area (Å²) in [5, 5.41) is 0. The van der Waals surface area contributed by atoms with Crippen molar-refractivity contribution >= 4 is 17.0 Å². The van der Waals surface area contributed by atoms with Crippen molar-refractivity contribution in [2.24, 2.45) is 0 Å². The fourth-order valence-electron chi connectivity index (χ4n) is 1.57. The van der Waals surface area contributed by atoms with E-state index in [-0.39, 0.29) is 11.1 Å². The Bertz CT molecular complexity index is 633. The molecule has 0 aliphatic heterocycles. The van der Waals surface area contributed by atoms with Crippen molar-refractivity contribution in [1.29, 1.82) is 0 Å². The van der Waals surface area contributed by atoms with E-state index in [9.17, 15) is 9.59 Å². The van der Waals surface area contributed by atoms with E-state index in [0.717, 1.165) is 6.20 Å². The number of methoxy groups -OCH3 is 2. The molecule has 0 saturated heterocycles. The summed E-state index contributed by atoms with van der Waals surface area (Å²) in [6, 6.07) is 3.20. The van der Waals surface area contributed by atoms with E-state index in [2.05, 4.69) is 14.7 Å². The summed E-state index contributed by atoms with van der Waals surface area (Å²) < 4.78 is 9.74. The van der Waals surface area contributed by atoms with Crippen LogP contribution in [0, 0.1) is 0 Å². The van der Waals surface area contributed by atoms with Crippen molar-refractivity contribution in [2.75, 3.05) is 14.2 Å². The van der Waals surface area contributed by atoms with Crippen LogP contribution in [0.5, 0.6) is 5.75 Å². The van der Waals surface area contributed by atoms with E-state index in [0.29, 0.717) is 16.8 Å². The molecule has 88 valence electrons. The molecule has 0 atom stereocenters. The Hall–Kier alpha value is -2.37. The number of nitrogens with zero attached hydrogens (tertiary/aromatic N) is 1. The minimum Gasteiger partial charge on any atom is -0.496 e. The molecule has 1 N–H and O–H groups in total.